The fraction of sp³-hybridized carbons (Fsp3) is 0. The number of rotatable bonds is 7. The summed E-state index contributed by atoms with van der Waals surface area (Å²) >= 11 is 0. The maximum Gasteiger partial charge on any atom is 0.213 e. The van der Waals surface area contributed by atoms with Crippen LogP contribution in [0.4, 0.5) is 17.1 Å². The van der Waals surface area contributed by atoms with E-state index in [9.17, 15) is 0 Å². The highest BCUT2D eigenvalue weighted by Crippen LogP contribution is 2.45. The molecule has 3 nitrogen and oxygen atoms in total. The van der Waals surface area contributed by atoms with Crippen LogP contribution in [0.3, 0.4) is 0 Å². The first kappa shape index (κ1) is 36.9. The predicted molar refractivity (Wildman–Crippen MR) is 274 cm³/mol. The summed E-state index contributed by atoms with van der Waals surface area (Å²) in [6.07, 6.45) is 0. The van der Waals surface area contributed by atoms with Crippen molar-refractivity contribution in [2.24, 2.45) is 0 Å². The van der Waals surface area contributed by atoms with Crippen LogP contribution in [-0.2, 0) is 0 Å². The largest absolute Gasteiger partial charge is 0.438 e. The van der Waals surface area contributed by atoms with E-state index in [1.54, 1.807) is 0 Å². The van der Waals surface area contributed by atoms with Crippen LogP contribution in [0.15, 0.2) is 247 Å². The van der Waals surface area contributed by atoms with Crippen LogP contribution < -0.4 is 4.90 Å². The van der Waals surface area contributed by atoms with E-state index in [1.807, 2.05) is 0 Å². The summed E-state index contributed by atoms with van der Waals surface area (Å²) in [4.78, 5) is 2.42. The Morgan fingerprint density at radius 2 is 0.815 bits per heavy atom. The van der Waals surface area contributed by atoms with Crippen molar-refractivity contribution in [1.82, 2.24) is 4.40 Å². The number of benzene rings is 11. The first-order valence-corrected chi connectivity index (χ1v) is 22.2. The van der Waals surface area contributed by atoms with Gasteiger partial charge in [-0.25, -0.2) is 0 Å². The number of hydrogen-bond donors (Lipinski definition) is 0. The van der Waals surface area contributed by atoms with Crippen molar-refractivity contribution in [3.8, 4) is 44.5 Å². The minimum Gasteiger partial charge on any atom is -0.438 e. The Labute approximate surface area is 376 Å². The molecule has 0 aliphatic heterocycles. The van der Waals surface area contributed by atoms with Gasteiger partial charge in [-0.1, -0.05) is 188 Å². The van der Waals surface area contributed by atoms with E-state index in [-0.39, 0.29) is 0 Å². The summed E-state index contributed by atoms with van der Waals surface area (Å²) in [6, 6.07) is 87.7. The molecule has 0 atom stereocenters. The van der Waals surface area contributed by atoms with Crippen molar-refractivity contribution in [3.05, 3.63) is 243 Å². The molecule has 0 bridgehead atoms. The fourth-order valence-electron chi connectivity index (χ4n) is 10.2. The first-order valence-electron chi connectivity index (χ1n) is 22.2. The number of anilines is 3. The summed E-state index contributed by atoms with van der Waals surface area (Å²) in [5.41, 5.74) is 16.2. The Morgan fingerprint density at radius 3 is 1.43 bits per heavy atom. The number of hydrogen-bond acceptors (Lipinski definition) is 2. The van der Waals surface area contributed by atoms with Gasteiger partial charge >= 0.3 is 0 Å². The molecule has 0 fully saturated rings. The van der Waals surface area contributed by atoms with E-state index >= 15 is 0 Å². The van der Waals surface area contributed by atoms with Crippen LogP contribution in [0.5, 0.6) is 0 Å². The molecule has 0 amide bonds. The van der Waals surface area contributed by atoms with Crippen LogP contribution in [0, 0.1) is 0 Å². The number of aromatic nitrogens is 1. The molecule has 0 aliphatic rings. The van der Waals surface area contributed by atoms with Gasteiger partial charge in [0.1, 0.15) is 0 Å². The van der Waals surface area contributed by atoms with Crippen molar-refractivity contribution >= 4 is 77.1 Å². The maximum atomic E-state index is 6.81. The SMILES string of the molecule is c1ccc(-c2cc(-c3ccccc3)cc(N(c3ccc(-c4cccc5oc6c(-c7ccccc7)c7ccccc7n6c45)cc3)c3ccc4c5ccccc5c5ccccc5c4c3)c2)cc1. The van der Waals surface area contributed by atoms with Crippen LogP contribution in [0.25, 0.3) is 105 Å². The second kappa shape index (κ2) is 15.0. The maximum absolute atomic E-state index is 6.81. The fourth-order valence-corrected chi connectivity index (χ4v) is 10.2. The standard InChI is InChI=1S/C62H40N2O/c1-4-17-41(18-5-1)45-37-46(42-19-6-2-7-20-42)39-49(38-45)63(48-35-36-55-53-25-11-10-23-51(53)52-24-12-13-26-54(52)57(55)40-48)47-33-31-43(32-34-47)50-28-16-30-59-61(50)64-58-29-15-14-27-56(58)60(62(64)65-59)44-21-8-3-9-22-44/h1-40H. The summed E-state index contributed by atoms with van der Waals surface area (Å²) in [5.74, 6) is 0. The molecule has 0 radical (unpaired) electrons. The topological polar surface area (TPSA) is 20.8 Å². The number of para-hydroxylation sites is 2. The van der Waals surface area contributed by atoms with Crippen molar-refractivity contribution in [1.29, 1.82) is 0 Å². The Kier molecular flexibility index (Phi) is 8.53. The van der Waals surface area contributed by atoms with Gasteiger partial charge in [0.2, 0.25) is 5.71 Å². The summed E-state index contributed by atoms with van der Waals surface area (Å²) in [6.45, 7) is 0. The van der Waals surface area contributed by atoms with E-state index in [2.05, 4.69) is 252 Å². The lowest BCUT2D eigenvalue weighted by atomic mass is 9.93. The Hall–Kier alpha value is -8.66. The van der Waals surface area contributed by atoms with E-state index in [0.717, 1.165) is 72.8 Å². The van der Waals surface area contributed by atoms with Gasteiger partial charge in [0, 0.05) is 28.0 Å². The molecule has 0 saturated carbocycles. The molecule has 0 aliphatic carbocycles. The molecule has 2 aromatic heterocycles. The van der Waals surface area contributed by atoms with Crippen molar-refractivity contribution < 1.29 is 4.42 Å². The quantitative estimate of drug-likeness (QED) is 0.149. The van der Waals surface area contributed by atoms with Crippen LogP contribution in [0.1, 0.15) is 0 Å². The molecule has 0 N–H and O–H groups in total. The molecular formula is C62H40N2O. The molecule has 0 unspecified atom stereocenters. The molecule has 0 spiro atoms. The van der Waals surface area contributed by atoms with E-state index in [0.29, 0.717) is 0 Å². The monoisotopic (exact) mass is 828 g/mol. The molecular weight excluding hydrogens is 789 g/mol. The van der Waals surface area contributed by atoms with Crippen LogP contribution >= 0.6 is 0 Å². The third kappa shape index (κ3) is 6.05. The summed E-state index contributed by atoms with van der Waals surface area (Å²) in [7, 11) is 0. The predicted octanol–water partition coefficient (Wildman–Crippen LogP) is 17.4. The summed E-state index contributed by atoms with van der Waals surface area (Å²) in [5, 5.41) is 8.68. The van der Waals surface area contributed by atoms with Crippen molar-refractivity contribution in [2.75, 3.05) is 4.90 Å². The molecule has 0 saturated heterocycles. The highest BCUT2D eigenvalue weighted by molar-refractivity contribution is 6.26. The lowest BCUT2D eigenvalue weighted by molar-refractivity contribution is 0.658. The highest BCUT2D eigenvalue weighted by atomic mass is 16.3. The van der Waals surface area contributed by atoms with Gasteiger partial charge in [-0.05, 0) is 120 Å². The zero-order valence-corrected chi connectivity index (χ0v) is 35.4. The van der Waals surface area contributed by atoms with E-state index in [1.165, 1.54) is 48.8 Å². The molecule has 65 heavy (non-hydrogen) atoms. The highest BCUT2D eigenvalue weighted by Gasteiger charge is 2.23. The Bertz CT molecular complexity index is 3830. The van der Waals surface area contributed by atoms with Crippen molar-refractivity contribution in [2.45, 2.75) is 0 Å². The molecule has 3 heteroatoms. The lowest BCUT2D eigenvalue weighted by Crippen LogP contribution is -2.10. The van der Waals surface area contributed by atoms with Gasteiger partial charge in [-0.15, -0.1) is 0 Å². The number of fused-ring (bicyclic) bond motifs is 11. The number of oxazole rings is 1. The second-order valence-corrected chi connectivity index (χ2v) is 16.9. The van der Waals surface area contributed by atoms with Gasteiger partial charge in [0.15, 0.2) is 5.58 Å². The zero-order valence-electron chi connectivity index (χ0n) is 35.4. The normalized spacial score (nSPS) is 11.7. The summed E-state index contributed by atoms with van der Waals surface area (Å²) < 4.78 is 9.12. The van der Waals surface area contributed by atoms with E-state index in [4.69, 9.17) is 4.42 Å². The third-order valence-corrected chi connectivity index (χ3v) is 13.1. The van der Waals surface area contributed by atoms with E-state index < -0.39 is 0 Å². The van der Waals surface area contributed by atoms with Gasteiger partial charge in [-0.2, -0.15) is 0 Å². The average molecular weight is 829 g/mol. The van der Waals surface area contributed by atoms with Gasteiger partial charge in [-0.3, -0.25) is 4.40 Å². The van der Waals surface area contributed by atoms with Crippen LogP contribution in [-0.4, -0.2) is 4.40 Å². The Morgan fingerprint density at radius 1 is 0.308 bits per heavy atom. The molecule has 11 aromatic carbocycles. The minimum atomic E-state index is 0.853. The minimum absolute atomic E-state index is 0.853. The molecule has 13 rings (SSSR count). The van der Waals surface area contributed by atoms with Crippen molar-refractivity contribution in [3.63, 3.8) is 0 Å². The van der Waals surface area contributed by atoms with Gasteiger partial charge in [0.05, 0.1) is 16.6 Å². The average Bonchev–Trinajstić information content (AvgIpc) is 3.92. The Balaban J connectivity index is 1.03. The molecule has 304 valence electrons. The van der Waals surface area contributed by atoms with Gasteiger partial charge < -0.3 is 9.32 Å². The number of nitrogens with zero attached hydrogens (tertiary/aromatic N) is 2. The lowest BCUT2D eigenvalue weighted by Gasteiger charge is -2.28. The smallest absolute Gasteiger partial charge is 0.213 e. The first-order chi connectivity index (χ1) is 32.2. The third-order valence-electron chi connectivity index (χ3n) is 13.1. The molecule has 2 heterocycles. The second-order valence-electron chi connectivity index (χ2n) is 16.9. The van der Waals surface area contributed by atoms with Crippen LogP contribution in [0.2, 0.25) is 0 Å². The zero-order chi connectivity index (χ0) is 42.8. The molecule has 13 aromatic rings. The van der Waals surface area contributed by atoms with Gasteiger partial charge in [0.25, 0.3) is 0 Å².